The van der Waals surface area contributed by atoms with Crippen molar-refractivity contribution in [3.05, 3.63) is 33.8 Å². The van der Waals surface area contributed by atoms with Crippen LogP contribution in [0.25, 0.3) is 0 Å². The SMILES string of the molecule is COC(C(=O)Cc1cc(Cl)ccc1Cl)C1CCCCC1. The molecule has 0 spiro atoms. The van der Waals surface area contributed by atoms with E-state index in [0.717, 1.165) is 18.4 Å². The normalized spacial score (nSPS) is 17.9. The molecule has 1 aliphatic rings. The lowest BCUT2D eigenvalue weighted by Gasteiger charge is -2.28. The third-order valence-electron chi connectivity index (χ3n) is 4.02. The highest BCUT2D eigenvalue weighted by Crippen LogP contribution is 2.29. The van der Waals surface area contributed by atoms with Crippen molar-refractivity contribution < 1.29 is 9.53 Å². The van der Waals surface area contributed by atoms with Gasteiger partial charge in [0.2, 0.25) is 0 Å². The molecule has 110 valence electrons. The molecule has 1 aliphatic carbocycles. The van der Waals surface area contributed by atoms with Crippen LogP contribution in [0.1, 0.15) is 37.7 Å². The lowest BCUT2D eigenvalue weighted by Crippen LogP contribution is -2.34. The first kappa shape index (κ1) is 15.8. The average Bonchev–Trinajstić information content (AvgIpc) is 2.45. The molecule has 1 aromatic carbocycles. The minimum Gasteiger partial charge on any atom is -0.373 e. The second kappa shape index (κ2) is 7.44. The van der Waals surface area contributed by atoms with Crippen molar-refractivity contribution in [2.45, 2.75) is 44.6 Å². The molecule has 1 saturated carbocycles. The number of hydrogen-bond acceptors (Lipinski definition) is 2. The summed E-state index contributed by atoms with van der Waals surface area (Å²) in [4.78, 5) is 12.5. The highest BCUT2D eigenvalue weighted by Gasteiger charge is 2.29. The van der Waals surface area contributed by atoms with E-state index in [0.29, 0.717) is 16.0 Å². The summed E-state index contributed by atoms with van der Waals surface area (Å²) in [5.74, 6) is 0.447. The van der Waals surface area contributed by atoms with Crippen LogP contribution in [-0.4, -0.2) is 19.0 Å². The third kappa shape index (κ3) is 3.97. The third-order valence-corrected chi connectivity index (χ3v) is 4.63. The number of carbonyl (C=O) groups excluding carboxylic acids is 1. The van der Waals surface area contributed by atoms with Gasteiger partial charge in [-0.2, -0.15) is 0 Å². The van der Waals surface area contributed by atoms with E-state index < -0.39 is 0 Å². The topological polar surface area (TPSA) is 26.3 Å². The molecule has 1 unspecified atom stereocenters. The van der Waals surface area contributed by atoms with E-state index >= 15 is 0 Å². The van der Waals surface area contributed by atoms with E-state index in [4.69, 9.17) is 27.9 Å². The molecular weight excluding hydrogens is 295 g/mol. The van der Waals surface area contributed by atoms with Gasteiger partial charge < -0.3 is 4.74 Å². The predicted molar refractivity (Wildman–Crippen MR) is 82.5 cm³/mol. The van der Waals surface area contributed by atoms with Crippen LogP contribution in [0.5, 0.6) is 0 Å². The van der Waals surface area contributed by atoms with Crippen molar-refractivity contribution in [1.29, 1.82) is 0 Å². The van der Waals surface area contributed by atoms with E-state index in [1.54, 1.807) is 25.3 Å². The van der Waals surface area contributed by atoms with E-state index in [-0.39, 0.29) is 18.3 Å². The molecule has 0 bridgehead atoms. The fraction of sp³-hybridized carbons (Fsp3) is 0.562. The fourth-order valence-corrected chi connectivity index (χ4v) is 3.37. The molecule has 0 aliphatic heterocycles. The van der Waals surface area contributed by atoms with Gasteiger partial charge in [0, 0.05) is 23.6 Å². The van der Waals surface area contributed by atoms with Gasteiger partial charge in [0.25, 0.3) is 0 Å². The van der Waals surface area contributed by atoms with Gasteiger partial charge in [-0.1, -0.05) is 42.5 Å². The smallest absolute Gasteiger partial charge is 0.166 e. The Labute approximate surface area is 130 Å². The number of carbonyl (C=O) groups is 1. The van der Waals surface area contributed by atoms with E-state index in [2.05, 4.69) is 0 Å². The maximum atomic E-state index is 12.5. The van der Waals surface area contributed by atoms with Crippen LogP contribution in [0, 0.1) is 5.92 Å². The summed E-state index contributed by atoms with van der Waals surface area (Å²) >= 11 is 12.1. The lowest BCUT2D eigenvalue weighted by molar-refractivity contribution is -0.132. The minimum atomic E-state index is -0.314. The Bertz CT molecular complexity index is 468. The second-order valence-electron chi connectivity index (χ2n) is 5.43. The molecule has 4 heteroatoms. The van der Waals surface area contributed by atoms with E-state index in [1.165, 1.54) is 19.3 Å². The number of Topliss-reactive ketones (excluding diaryl/α,β-unsaturated/α-hetero) is 1. The number of ketones is 1. The highest BCUT2D eigenvalue weighted by molar-refractivity contribution is 6.33. The van der Waals surface area contributed by atoms with Crippen LogP contribution in [0.15, 0.2) is 18.2 Å². The molecule has 0 N–H and O–H groups in total. The van der Waals surface area contributed by atoms with Gasteiger partial charge in [0.15, 0.2) is 5.78 Å². The molecule has 0 radical (unpaired) electrons. The fourth-order valence-electron chi connectivity index (χ4n) is 2.99. The summed E-state index contributed by atoms with van der Waals surface area (Å²) in [6, 6.07) is 5.22. The average molecular weight is 315 g/mol. The number of benzene rings is 1. The molecule has 2 nitrogen and oxygen atoms in total. The first-order chi connectivity index (χ1) is 9.61. The Morgan fingerprint density at radius 1 is 1.30 bits per heavy atom. The van der Waals surface area contributed by atoms with Crippen LogP contribution in [0.4, 0.5) is 0 Å². The molecule has 1 fully saturated rings. The Hall–Kier alpha value is -0.570. The molecule has 0 saturated heterocycles. The van der Waals surface area contributed by atoms with Crippen molar-refractivity contribution in [2.75, 3.05) is 7.11 Å². The summed E-state index contributed by atoms with van der Waals surface area (Å²) in [5, 5.41) is 1.19. The quantitative estimate of drug-likeness (QED) is 0.787. The lowest BCUT2D eigenvalue weighted by atomic mass is 9.82. The predicted octanol–water partition coefficient (Wildman–Crippen LogP) is 4.70. The van der Waals surface area contributed by atoms with Gasteiger partial charge in [-0.05, 0) is 42.5 Å². The zero-order valence-electron chi connectivity index (χ0n) is 11.7. The molecule has 0 aromatic heterocycles. The van der Waals surface area contributed by atoms with Crippen molar-refractivity contribution in [2.24, 2.45) is 5.92 Å². The number of ether oxygens (including phenoxy) is 1. The maximum absolute atomic E-state index is 12.5. The van der Waals surface area contributed by atoms with Crippen molar-refractivity contribution in [3.8, 4) is 0 Å². The molecule has 0 heterocycles. The highest BCUT2D eigenvalue weighted by atomic mass is 35.5. The van der Waals surface area contributed by atoms with Gasteiger partial charge in [0.1, 0.15) is 6.10 Å². The van der Waals surface area contributed by atoms with Gasteiger partial charge in [-0.3, -0.25) is 4.79 Å². The molecule has 2 rings (SSSR count). The Morgan fingerprint density at radius 2 is 2.00 bits per heavy atom. The molecular formula is C16H20Cl2O2. The molecule has 0 amide bonds. The largest absolute Gasteiger partial charge is 0.373 e. The molecule has 1 atom stereocenters. The first-order valence-electron chi connectivity index (χ1n) is 7.11. The Kier molecular flexibility index (Phi) is 5.88. The number of halogens is 2. The first-order valence-corrected chi connectivity index (χ1v) is 7.87. The van der Waals surface area contributed by atoms with E-state index in [1.807, 2.05) is 0 Å². The number of rotatable bonds is 5. The van der Waals surface area contributed by atoms with Crippen LogP contribution >= 0.6 is 23.2 Å². The zero-order valence-corrected chi connectivity index (χ0v) is 13.2. The van der Waals surface area contributed by atoms with Crippen molar-refractivity contribution in [3.63, 3.8) is 0 Å². The summed E-state index contributed by atoms with van der Waals surface area (Å²) in [5.41, 5.74) is 0.780. The summed E-state index contributed by atoms with van der Waals surface area (Å²) in [6.07, 6.45) is 5.77. The summed E-state index contributed by atoms with van der Waals surface area (Å²) in [7, 11) is 1.62. The summed E-state index contributed by atoms with van der Waals surface area (Å²) < 4.78 is 5.47. The van der Waals surface area contributed by atoms with Crippen LogP contribution in [0.2, 0.25) is 10.0 Å². The monoisotopic (exact) mass is 314 g/mol. The van der Waals surface area contributed by atoms with Gasteiger partial charge in [-0.15, -0.1) is 0 Å². The zero-order chi connectivity index (χ0) is 14.5. The van der Waals surface area contributed by atoms with Crippen molar-refractivity contribution >= 4 is 29.0 Å². The minimum absolute atomic E-state index is 0.101. The van der Waals surface area contributed by atoms with Crippen LogP contribution in [-0.2, 0) is 16.0 Å². The number of methoxy groups -OCH3 is 1. The van der Waals surface area contributed by atoms with Gasteiger partial charge in [0.05, 0.1) is 0 Å². The second-order valence-corrected chi connectivity index (χ2v) is 6.28. The van der Waals surface area contributed by atoms with Crippen molar-refractivity contribution in [1.82, 2.24) is 0 Å². The summed E-state index contributed by atoms with van der Waals surface area (Å²) in [6.45, 7) is 0. The Balaban J connectivity index is 2.06. The standard InChI is InChI=1S/C16H20Cl2O2/c1-20-16(11-5-3-2-4-6-11)15(19)10-12-9-13(17)7-8-14(12)18/h7-9,11,16H,2-6,10H2,1H3. The maximum Gasteiger partial charge on any atom is 0.166 e. The van der Waals surface area contributed by atoms with Crippen LogP contribution in [0.3, 0.4) is 0 Å². The molecule has 20 heavy (non-hydrogen) atoms. The van der Waals surface area contributed by atoms with E-state index in [9.17, 15) is 4.79 Å². The Morgan fingerprint density at radius 3 is 2.65 bits per heavy atom. The number of hydrogen-bond donors (Lipinski definition) is 0. The van der Waals surface area contributed by atoms with Crippen LogP contribution < -0.4 is 0 Å². The van der Waals surface area contributed by atoms with Gasteiger partial charge in [-0.25, -0.2) is 0 Å². The van der Waals surface area contributed by atoms with Gasteiger partial charge >= 0.3 is 0 Å². The molecule has 1 aromatic rings.